The zero-order chi connectivity index (χ0) is 18.5. The highest BCUT2D eigenvalue weighted by atomic mass is 16.5. The molecule has 3 heterocycles. The lowest BCUT2D eigenvalue weighted by atomic mass is 10.0. The van der Waals surface area contributed by atoms with Gasteiger partial charge in [0, 0.05) is 42.8 Å². The molecule has 0 unspecified atom stereocenters. The van der Waals surface area contributed by atoms with Gasteiger partial charge in [0.1, 0.15) is 11.9 Å². The number of rotatable bonds is 5. The average Bonchev–Trinajstić information content (AvgIpc) is 3.15. The van der Waals surface area contributed by atoms with Gasteiger partial charge in [-0.1, -0.05) is 12.1 Å². The third kappa shape index (κ3) is 4.00. The zero-order valence-electron chi connectivity index (χ0n) is 14.6. The average molecular weight is 358 g/mol. The molecular weight excluding hydrogens is 340 g/mol. The van der Waals surface area contributed by atoms with Crippen molar-refractivity contribution in [2.75, 3.05) is 6.54 Å². The Kier molecular flexibility index (Phi) is 4.87. The second kappa shape index (κ2) is 7.78. The van der Waals surface area contributed by atoms with E-state index in [1.54, 1.807) is 37.1 Å². The van der Waals surface area contributed by atoms with Crippen molar-refractivity contribution in [1.29, 1.82) is 0 Å². The van der Waals surface area contributed by atoms with Gasteiger partial charge >= 0.3 is 0 Å². The molecular formula is C21H18N4O2. The SMILES string of the molecule is O=C(/C=C/c1ccncc1)NC[C@@H]1Cc2cccc(-c3cnccn3)c2O1. The van der Waals surface area contributed by atoms with Gasteiger partial charge in [-0.3, -0.25) is 19.7 Å². The van der Waals surface area contributed by atoms with E-state index in [0.29, 0.717) is 6.54 Å². The summed E-state index contributed by atoms with van der Waals surface area (Å²) in [6.07, 6.45) is 12.3. The van der Waals surface area contributed by atoms with E-state index < -0.39 is 0 Å². The summed E-state index contributed by atoms with van der Waals surface area (Å²) in [5.74, 6) is 0.671. The smallest absolute Gasteiger partial charge is 0.244 e. The molecule has 3 aromatic rings. The van der Waals surface area contributed by atoms with Gasteiger partial charge in [0.05, 0.1) is 18.4 Å². The van der Waals surface area contributed by atoms with Crippen LogP contribution in [0.15, 0.2) is 67.4 Å². The van der Waals surface area contributed by atoms with E-state index in [1.807, 2.05) is 30.3 Å². The summed E-state index contributed by atoms with van der Waals surface area (Å²) >= 11 is 0. The fourth-order valence-corrected chi connectivity index (χ4v) is 3.01. The molecule has 1 N–H and O–H groups in total. The molecule has 1 aromatic carbocycles. The molecule has 0 saturated heterocycles. The van der Waals surface area contributed by atoms with E-state index in [2.05, 4.69) is 20.3 Å². The number of para-hydroxylation sites is 1. The number of ether oxygens (including phenoxy) is 1. The Balaban J connectivity index is 1.38. The predicted octanol–water partition coefficient (Wildman–Crippen LogP) is 2.67. The van der Waals surface area contributed by atoms with Crippen LogP contribution in [0.3, 0.4) is 0 Å². The molecule has 27 heavy (non-hydrogen) atoms. The van der Waals surface area contributed by atoms with Gasteiger partial charge < -0.3 is 10.1 Å². The minimum absolute atomic E-state index is 0.101. The second-order valence-corrected chi connectivity index (χ2v) is 6.19. The van der Waals surface area contributed by atoms with Crippen LogP contribution in [0.5, 0.6) is 5.75 Å². The number of hydrogen-bond acceptors (Lipinski definition) is 5. The fraction of sp³-hybridized carbons (Fsp3) is 0.143. The molecule has 6 heteroatoms. The maximum atomic E-state index is 12.0. The summed E-state index contributed by atoms with van der Waals surface area (Å²) in [5, 5.41) is 2.89. The van der Waals surface area contributed by atoms with E-state index in [-0.39, 0.29) is 12.0 Å². The first-order chi connectivity index (χ1) is 13.3. The number of aromatic nitrogens is 3. The van der Waals surface area contributed by atoms with Crippen molar-refractivity contribution in [3.05, 3.63) is 78.5 Å². The number of fused-ring (bicyclic) bond motifs is 1. The van der Waals surface area contributed by atoms with Crippen LogP contribution < -0.4 is 10.1 Å². The van der Waals surface area contributed by atoms with Gasteiger partial charge in [-0.15, -0.1) is 0 Å². The summed E-state index contributed by atoms with van der Waals surface area (Å²) in [7, 11) is 0. The van der Waals surface area contributed by atoms with Crippen LogP contribution in [0.2, 0.25) is 0 Å². The van der Waals surface area contributed by atoms with Crippen molar-refractivity contribution in [2.45, 2.75) is 12.5 Å². The quantitative estimate of drug-likeness (QED) is 0.710. The molecule has 0 aliphatic carbocycles. The molecule has 0 fully saturated rings. The molecule has 2 aromatic heterocycles. The monoisotopic (exact) mass is 358 g/mol. The number of hydrogen-bond donors (Lipinski definition) is 1. The second-order valence-electron chi connectivity index (χ2n) is 6.19. The first-order valence-corrected chi connectivity index (χ1v) is 8.70. The minimum Gasteiger partial charge on any atom is -0.487 e. The lowest BCUT2D eigenvalue weighted by Gasteiger charge is -2.12. The third-order valence-corrected chi connectivity index (χ3v) is 4.31. The lowest BCUT2D eigenvalue weighted by Crippen LogP contribution is -2.33. The van der Waals surface area contributed by atoms with E-state index in [1.165, 1.54) is 6.08 Å². The fourth-order valence-electron chi connectivity index (χ4n) is 3.01. The number of carbonyl (C=O) groups excluding carboxylic acids is 1. The highest BCUT2D eigenvalue weighted by Gasteiger charge is 2.26. The Morgan fingerprint density at radius 1 is 1.15 bits per heavy atom. The molecule has 0 bridgehead atoms. The first-order valence-electron chi connectivity index (χ1n) is 8.70. The van der Waals surface area contributed by atoms with Crippen molar-refractivity contribution in [3.8, 4) is 17.0 Å². The van der Waals surface area contributed by atoms with Crippen LogP contribution in [0, 0.1) is 0 Å². The van der Waals surface area contributed by atoms with Crippen molar-refractivity contribution < 1.29 is 9.53 Å². The number of carbonyl (C=O) groups is 1. The molecule has 1 atom stereocenters. The maximum absolute atomic E-state index is 12.0. The van der Waals surface area contributed by atoms with Crippen LogP contribution in [-0.4, -0.2) is 33.5 Å². The molecule has 134 valence electrons. The number of amides is 1. The van der Waals surface area contributed by atoms with Gasteiger partial charge in [-0.2, -0.15) is 0 Å². The van der Waals surface area contributed by atoms with Crippen molar-refractivity contribution in [3.63, 3.8) is 0 Å². The topological polar surface area (TPSA) is 77.0 Å². The van der Waals surface area contributed by atoms with Gasteiger partial charge in [-0.05, 0) is 35.4 Å². The van der Waals surface area contributed by atoms with Crippen LogP contribution in [-0.2, 0) is 11.2 Å². The van der Waals surface area contributed by atoms with Gasteiger partial charge in [0.15, 0.2) is 0 Å². The molecule has 1 amide bonds. The lowest BCUT2D eigenvalue weighted by molar-refractivity contribution is -0.116. The number of nitrogens with zero attached hydrogens (tertiary/aromatic N) is 3. The first kappa shape index (κ1) is 16.9. The normalized spacial score (nSPS) is 15.3. The summed E-state index contributed by atoms with van der Waals surface area (Å²) < 4.78 is 6.09. The summed E-state index contributed by atoms with van der Waals surface area (Å²) in [5.41, 5.74) is 3.74. The third-order valence-electron chi connectivity index (χ3n) is 4.31. The Bertz CT molecular complexity index is 958. The summed E-state index contributed by atoms with van der Waals surface area (Å²) in [6, 6.07) is 9.69. The molecule has 0 radical (unpaired) electrons. The van der Waals surface area contributed by atoms with Crippen LogP contribution in [0.25, 0.3) is 17.3 Å². The Morgan fingerprint density at radius 3 is 2.85 bits per heavy atom. The van der Waals surface area contributed by atoms with E-state index in [9.17, 15) is 4.79 Å². The minimum atomic E-state index is -0.152. The summed E-state index contributed by atoms with van der Waals surface area (Å²) in [6.45, 7) is 0.439. The highest BCUT2D eigenvalue weighted by molar-refractivity contribution is 5.91. The zero-order valence-corrected chi connectivity index (χ0v) is 14.6. The maximum Gasteiger partial charge on any atom is 0.244 e. The van der Waals surface area contributed by atoms with Crippen LogP contribution in [0.1, 0.15) is 11.1 Å². The van der Waals surface area contributed by atoms with Gasteiger partial charge in [0.25, 0.3) is 0 Å². The van der Waals surface area contributed by atoms with Crippen LogP contribution >= 0.6 is 0 Å². The molecule has 6 nitrogen and oxygen atoms in total. The molecule has 0 saturated carbocycles. The van der Waals surface area contributed by atoms with E-state index in [0.717, 1.165) is 34.6 Å². The Hall–Kier alpha value is -3.54. The molecule has 4 rings (SSSR count). The number of benzene rings is 1. The van der Waals surface area contributed by atoms with Gasteiger partial charge in [-0.25, -0.2) is 0 Å². The van der Waals surface area contributed by atoms with E-state index in [4.69, 9.17) is 4.74 Å². The van der Waals surface area contributed by atoms with Crippen molar-refractivity contribution in [1.82, 2.24) is 20.3 Å². The Morgan fingerprint density at radius 2 is 2.04 bits per heavy atom. The van der Waals surface area contributed by atoms with Crippen molar-refractivity contribution in [2.24, 2.45) is 0 Å². The largest absolute Gasteiger partial charge is 0.487 e. The number of nitrogens with one attached hydrogen (secondary N) is 1. The summed E-state index contributed by atoms with van der Waals surface area (Å²) in [4.78, 5) is 24.5. The highest BCUT2D eigenvalue weighted by Crippen LogP contribution is 2.37. The van der Waals surface area contributed by atoms with Crippen molar-refractivity contribution >= 4 is 12.0 Å². The standard InChI is InChI=1S/C21H18N4O2/c26-20(5-4-15-6-8-22-9-7-15)25-13-17-12-16-2-1-3-18(21(16)27-17)19-14-23-10-11-24-19/h1-11,14,17H,12-13H2,(H,25,26)/b5-4+/t17-/m0/s1. The predicted molar refractivity (Wildman–Crippen MR) is 102 cm³/mol. The molecule has 1 aliphatic rings. The molecule has 0 spiro atoms. The molecule has 1 aliphatic heterocycles. The van der Waals surface area contributed by atoms with Crippen LogP contribution in [0.4, 0.5) is 0 Å². The Labute approximate surface area is 157 Å². The van der Waals surface area contributed by atoms with E-state index >= 15 is 0 Å². The number of pyridine rings is 1. The van der Waals surface area contributed by atoms with Gasteiger partial charge in [0.2, 0.25) is 5.91 Å².